The number of nitrogens with zero attached hydrogens (tertiary/aromatic N) is 2. The van der Waals surface area contributed by atoms with Gasteiger partial charge in [0.1, 0.15) is 24.1 Å². The van der Waals surface area contributed by atoms with Crippen LogP contribution in [0.1, 0.15) is 24.3 Å². The lowest BCUT2D eigenvalue weighted by molar-refractivity contribution is -0.0609. The topological polar surface area (TPSA) is 155 Å². The van der Waals surface area contributed by atoms with Crippen molar-refractivity contribution >= 4 is 29.6 Å². The van der Waals surface area contributed by atoms with Gasteiger partial charge in [-0.25, -0.2) is 9.36 Å². The van der Waals surface area contributed by atoms with Crippen LogP contribution in [-0.2, 0) is 22.9 Å². The first-order chi connectivity index (χ1) is 14.8. The van der Waals surface area contributed by atoms with Gasteiger partial charge in [0.05, 0.1) is 19.3 Å². The Morgan fingerprint density at radius 1 is 1.26 bits per heavy atom. The second kappa shape index (κ2) is 9.08. The summed E-state index contributed by atoms with van der Waals surface area (Å²) in [5.74, 6) is 0.0131. The number of phosphoric acid groups is 1. The fraction of sp³-hybridized carbons (Fsp3) is 0.444. The molecule has 1 unspecified atom stereocenters. The molecule has 1 aromatic carbocycles. The van der Waals surface area contributed by atoms with Crippen LogP contribution in [-0.4, -0.2) is 51.3 Å². The van der Waals surface area contributed by atoms with Gasteiger partial charge in [0.25, 0.3) is 0 Å². The number of aliphatic hydroxyl groups excluding tert-OH is 2. The quantitative estimate of drug-likeness (QED) is 0.496. The maximum atomic E-state index is 12.9. The zero-order chi connectivity index (χ0) is 22.2. The van der Waals surface area contributed by atoms with E-state index in [2.05, 4.69) is 20.9 Å². The van der Waals surface area contributed by atoms with Crippen molar-refractivity contribution in [3.63, 3.8) is 0 Å². The largest absolute Gasteiger partial charge is 0.475 e. The lowest BCUT2D eigenvalue weighted by Gasteiger charge is -2.29. The first-order valence-electron chi connectivity index (χ1n) is 9.45. The van der Waals surface area contributed by atoms with E-state index >= 15 is 0 Å². The molecule has 6 atom stereocenters. The second-order valence-corrected chi connectivity index (χ2v) is 9.64. The van der Waals surface area contributed by atoms with E-state index in [1.165, 1.54) is 12.3 Å². The minimum absolute atomic E-state index is 0.0131. The summed E-state index contributed by atoms with van der Waals surface area (Å²) in [6.45, 7) is -0.236. The molecule has 2 saturated heterocycles. The van der Waals surface area contributed by atoms with Crippen molar-refractivity contribution in [1.29, 1.82) is 0 Å². The van der Waals surface area contributed by atoms with Crippen molar-refractivity contribution in [2.24, 2.45) is 0 Å². The van der Waals surface area contributed by atoms with Crippen molar-refractivity contribution in [3.05, 3.63) is 57.0 Å². The van der Waals surface area contributed by atoms with Gasteiger partial charge in [-0.2, -0.15) is 4.98 Å². The molecule has 2 aliphatic heterocycles. The average molecular weight is 518 g/mol. The number of aliphatic hydroxyl groups is 2. The predicted octanol–water partition coefficient (Wildman–Crippen LogP) is 1.51. The molecule has 0 radical (unpaired) electrons. The third-order valence-corrected chi connectivity index (χ3v) is 6.99. The number of rotatable bonds is 5. The Labute approximate surface area is 185 Å². The number of hydrogen-bond acceptors (Lipinski definition) is 10. The third-order valence-electron chi connectivity index (χ3n) is 4.99. The van der Waals surface area contributed by atoms with Crippen LogP contribution in [0, 0.1) is 0 Å². The molecule has 3 heterocycles. The van der Waals surface area contributed by atoms with Crippen LogP contribution in [0.2, 0.25) is 0 Å². The Balaban J connectivity index is 1.41. The second-order valence-electron chi connectivity index (χ2n) is 7.10. The summed E-state index contributed by atoms with van der Waals surface area (Å²) in [6.07, 6.45) is -3.85. The number of nitrogen functional groups attached to an aromatic ring is 1. The van der Waals surface area contributed by atoms with Gasteiger partial charge in [-0.3, -0.25) is 18.1 Å². The first kappa shape index (κ1) is 22.6. The molecule has 4 N–H and O–H groups in total. The number of halogens is 1. The number of anilines is 1. The summed E-state index contributed by atoms with van der Waals surface area (Å²) >= 11 is 3.36. The van der Waals surface area contributed by atoms with Gasteiger partial charge < -0.3 is 20.7 Å². The smallest absolute Gasteiger partial charge is 0.387 e. The zero-order valence-corrected chi connectivity index (χ0v) is 18.6. The molecule has 31 heavy (non-hydrogen) atoms. The van der Waals surface area contributed by atoms with Crippen molar-refractivity contribution in [2.75, 3.05) is 18.9 Å². The Morgan fingerprint density at radius 3 is 2.71 bits per heavy atom. The number of benzene rings is 1. The monoisotopic (exact) mass is 517 g/mol. The molecule has 0 aliphatic carbocycles. The van der Waals surface area contributed by atoms with Crippen LogP contribution >= 0.6 is 23.8 Å². The molecular weight excluding hydrogens is 497 g/mol. The van der Waals surface area contributed by atoms with E-state index in [0.29, 0.717) is 6.42 Å². The van der Waals surface area contributed by atoms with E-state index in [4.69, 9.17) is 24.0 Å². The highest BCUT2D eigenvalue weighted by atomic mass is 79.9. The molecule has 0 spiro atoms. The number of aromatic nitrogens is 2. The van der Waals surface area contributed by atoms with E-state index in [9.17, 15) is 19.6 Å². The molecule has 2 aliphatic rings. The Morgan fingerprint density at radius 2 is 2.00 bits per heavy atom. The number of hydrogen-bond donors (Lipinski definition) is 3. The summed E-state index contributed by atoms with van der Waals surface area (Å²) in [6, 6.07) is 8.73. The number of phosphoric ester groups is 1. The summed E-state index contributed by atoms with van der Waals surface area (Å²) < 4.78 is 36.6. The Hall–Kier alpha value is -1.63. The van der Waals surface area contributed by atoms with Gasteiger partial charge in [-0.05, 0) is 23.8 Å². The molecule has 0 bridgehead atoms. The summed E-state index contributed by atoms with van der Waals surface area (Å²) in [5.41, 5.74) is 5.53. The van der Waals surface area contributed by atoms with E-state index in [1.807, 2.05) is 24.3 Å². The standard InChI is InChI=1S/C18H21BrN3O8P/c19-11-3-1-10(2-4-11)12-6-8-27-31(26,30-12)28-9-13-15(23)16(24)17(29-13)22-7-5-14(20)21-18(22)25/h1-5,7,12-13,15-17,23-24H,6,8-9H2,(H2,20,21,25)/t12-,13-,15-,16+,17-,31?/m1/s1. The van der Waals surface area contributed by atoms with Gasteiger partial charge in [-0.15, -0.1) is 0 Å². The molecule has 13 heteroatoms. The summed E-state index contributed by atoms with van der Waals surface area (Å²) in [7, 11) is -3.94. The maximum Gasteiger partial charge on any atom is 0.475 e. The van der Waals surface area contributed by atoms with Crippen molar-refractivity contribution in [1.82, 2.24) is 9.55 Å². The molecule has 0 saturated carbocycles. The van der Waals surface area contributed by atoms with Gasteiger partial charge in [0, 0.05) is 17.1 Å². The Bertz CT molecular complexity index is 1040. The van der Waals surface area contributed by atoms with E-state index in [1.54, 1.807) is 0 Å². The lowest BCUT2D eigenvalue weighted by atomic mass is 10.1. The van der Waals surface area contributed by atoms with Gasteiger partial charge >= 0.3 is 13.5 Å². The summed E-state index contributed by atoms with van der Waals surface area (Å²) in [4.78, 5) is 15.6. The minimum Gasteiger partial charge on any atom is -0.387 e. The zero-order valence-electron chi connectivity index (χ0n) is 16.1. The molecule has 168 valence electrons. The Kier molecular flexibility index (Phi) is 6.61. The predicted molar refractivity (Wildman–Crippen MR) is 111 cm³/mol. The van der Waals surface area contributed by atoms with E-state index in [0.717, 1.165) is 14.6 Å². The molecule has 1 aromatic heterocycles. The van der Waals surface area contributed by atoms with Crippen LogP contribution in [0.4, 0.5) is 5.82 Å². The van der Waals surface area contributed by atoms with Gasteiger partial charge in [0.15, 0.2) is 6.23 Å². The van der Waals surface area contributed by atoms with Crippen LogP contribution < -0.4 is 11.4 Å². The minimum atomic E-state index is -3.94. The summed E-state index contributed by atoms with van der Waals surface area (Å²) in [5, 5.41) is 20.6. The van der Waals surface area contributed by atoms with Gasteiger partial charge in [-0.1, -0.05) is 28.1 Å². The van der Waals surface area contributed by atoms with Crippen molar-refractivity contribution < 1.29 is 33.1 Å². The van der Waals surface area contributed by atoms with Crippen molar-refractivity contribution in [2.45, 2.75) is 37.1 Å². The highest BCUT2D eigenvalue weighted by Crippen LogP contribution is 2.57. The maximum absolute atomic E-state index is 12.9. The van der Waals surface area contributed by atoms with E-state index < -0.39 is 50.8 Å². The fourth-order valence-electron chi connectivity index (χ4n) is 3.36. The fourth-order valence-corrected chi connectivity index (χ4v) is 5.02. The highest BCUT2D eigenvalue weighted by molar-refractivity contribution is 9.10. The average Bonchev–Trinajstić information content (AvgIpc) is 3.01. The molecule has 2 fully saturated rings. The molecule has 11 nitrogen and oxygen atoms in total. The lowest BCUT2D eigenvalue weighted by Crippen LogP contribution is -2.36. The van der Waals surface area contributed by atoms with Gasteiger partial charge in [0.2, 0.25) is 0 Å². The molecular formula is C18H21BrN3O8P. The van der Waals surface area contributed by atoms with Crippen LogP contribution in [0.25, 0.3) is 0 Å². The van der Waals surface area contributed by atoms with Crippen LogP contribution in [0.3, 0.4) is 0 Å². The third kappa shape index (κ3) is 4.91. The SMILES string of the molecule is Nc1ccn([C@@H]2O[C@H](COP3(=O)OCC[C@H](c4ccc(Br)cc4)O3)[C@@H](O)[C@@H]2O)c(=O)n1. The van der Waals surface area contributed by atoms with E-state index in [-0.39, 0.29) is 12.4 Å². The molecule has 2 aromatic rings. The first-order valence-corrected chi connectivity index (χ1v) is 11.7. The number of ether oxygens (including phenoxy) is 1. The highest BCUT2D eigenvalue weighted by Gasteiger charge is 2.46. The molecule has 4 rings (SSSR count). The van der Waals surface area contributed by atoms with Crippen LogP contribution in [0.15, 0.2) is 45.8 Å². The normalized spacial score (nSPS) is 33.5. The number of nitrogens with two attached hydrogens (primary N) is 1. The molecule has 0 amide bonds. The van der Waals surface area contributed by atoms with Crippen molar-refractivity contribution in [3.8, 4) is 0 Å². The van der Waals surface area contributed by atoms with Crippen LogP contribution in [0.5, 0.6) is 0 Å².